The summed E-state index contributed by atoms with van der Waals surface area (Å²) >= 11 is 0. The maximum Gasteiger partial charge on any atom is 0.0716 e. The Hall–Kier alpha value is -0.900. The lowest BCUT2D eigenvalue weighted by atomic mass is 10.1. The molecule has 0 saturated carbocycles. The molecule has 0 spiro atoms. The second kappa shape index (κ2) is 7.39. The van der Waals surface area contributed by atoms with Crippen molar-refractivity contribution < 1.29 is 9.47 Å². The number of rotatable bonds is 7. The highest BCUT2D eigenvalue weighted by molar-refractivity contribution is 5.26. The maximum atomic E-state index is 5.18. The van der Waals surface area contributed by atoms with E-state index in [2.05, 4.69) is 23.5 Å². The minimum absolute atomic E-state index is 0.245. The third kappa shape index (κ3) is 4.31. The van der Waals surface area contributed by atoms with Crippen LogP contribution in [0.5, 0.6) is 0 Å². The molecule has 1 rings (SSSR count). The number of hydrogen-bond acceptors (Lipinski definition) is 3. The fourth-order valence-corrected chi connectivity index (χ4v) is 1.52. The Balaban J connectivity index is 2.46. The molecule has 0 aromatic heterocycles. The molecule has 1 unspecified atom stereocenters. The predicted molar refractivity (Wildman–Crippen MR) is 65.3 cm³/mol. The van der Waals surface area contributed by atoms with E-state index < -0.39 is 0 Å². The van der Waals surface area contributed by atoms with Crippen LogP contribution in [0.4, 0.5) is 0 Å². The molecule has 1 N–H and O–H groups in total. The minimum Gasteiger partial charge on any atom is -0.380 e. The molecule has 1 aromatic carbocycles. The molecule has 0 radical (unpaired) electrons. The van der Waals surface area contributed by atoms with E-state index in [1.54, 1.807) is 14.2 Å². The zero-order valence-electron chi connectivity index (χ0n) is 10.3. The second-order valence-electron chi connectivity index (χ2n) is 3.88. The lowest BCUT2D eigenvalue weighted by Crippen LogP contribution is -2.25. The number of benzene rings is 1. The van der Waals surface area contributed by atoms with Gasteiger partial charge in [-0.3, -0.25) is 0 Å². The van der Waals surface area contributed by atoms with E-state index in [-0.39, 0.29) is 6.10 Å². The van der Waals surface area contributed by atoms with Crippen molar-refractivity contribution in [2.75, 3.05) is 20.8 Å². The van der Waals surface area contributed by atoms with Gasteiger partial charge in [0.25, 0.3) is 0 Å². The van der Waals surface area contributed by atoms with Crippen LogP contribution >= 0.6 is 0 Å². The highest BCUT2D eigenvalue weighted by atomic mass is 16.5. The summed E-state index contributed by atoms with van der Waals surface area (Å²) in [5.41, 5.74) is 2.52. The van der Waals surface area contributed by atoms with Gasteiger partial charge < -0.3 is 14.8 Å². The van der Waals surface area contributed by atoms with E-state index in [4.69, 9.17) is 9.47 Å². The monoisotopic (exact) mass is 223 g/mol. The first-order chi connectivity index (χ1) is 7.77. The first-order valence-corrected chi connectivity index (χ1v) is 5.57. The molecule has 3 heteroatoms. The van der Waals surface area contributed by atoms with Crippen LogP contribution in [0.3, 0.4) is 0 Å². The Morgan fingerprint density at radius 2 is 1.88 bits per heavy atom. The quantitative estimate of drug-likeness (QED) is 0.766. The Kier molecular flexibility index (Phi) is 6.08. The molecule has 0 amide bonds. The van der Waals surface area contributed by atoms with Crippen molar-refractivity contribution in [1.29, 1.82) is 0 Å². The lowest BCUT2D eigenvalue weighted by molar-refractivity contribution is 0.117. The molecule has 0 bridgehead atoms. The van der Waals surface area contributed by atoms with Gasteiger partial charge in [0.05, 0.1) is 12.7 Å². The normalized spacial score (nSPS) is 12.7. The standard InChI is InChI=1S/C13H21NO2/c1-11(16-3)8-14-9-12-6-4-5-7-13(12)10-15-2/h4-7,11,14H,8-10H2,1-3H3. The van der Waals surface area contributed by atoms with Crippen LogP contribution in [0.2, 0.25) is 0 Å². The summed E-state index contributed by atoms with van der Waals surface area (Å²) in [6.07, 6.45) is 0.245. The summed E-state index contributed by atoms with van der Waals surface area (Å²) in [5, 5.41) is 3.37. The van der Waals surface area contributed by atoms with Crippen LogP contribution in [0, 0.1) is 0 Å². The van der Waals surface area contributed by atoms with Crippen molar-refractivity contribution in [2.24, 2.45) is 0 Å². The van der Waals surface area contributed by atoms with E-state index in [9.17, 15) is 0 Å². The van der Waals surface area contributed by atoms with E-state index in [1.807, 2.05) is 13.0 Å². The molecule has 1 atom stereocenters. The van der Waals surface area contributed by atoms with E-state index >= 15 is 0 Å². The Morgan fingerprint density at radius 1 is 1.19 bits per heavy atom. The Morgan fingerprint density at radius 3 is 2.50 bits per heavy atom. The van der Waals surface area contributed by atoms with Gasteiger partial charge in [0, 0.05) is 27.3 Å². The number of hydrogen-bond donors (Lipinski definition) is 1. The van der Waals surface area contributed by atoms with Crippen LogP contribution in [0.1, 0.15) is 18.1 Å². The number of ether oxygens (including phenoxy) is 2. The Bertz CT molecular complexity index is 302. The van der Waals surface area contributed by atoms with Gasteiger partial charge in [-0.05, 0) is 18.1 Å². The van der Waals surface area contributed by atoms with Gasteiger partial charge >= 0.3 is 0 Å². The summed E-state index contributed by atoms with van der Waals surface area (Å²) < 4.78 is 10.3. The summed E-state index contributed by atoms with van der Waals surface area (Å²) in [6, 6.07) is 8.31. The summed E-state index contributed by atoms with van der Waals surface area (Å²) in [5.74, 6) is 0. The first-order valence-electron chi connectivity index (χ1n) is 5.57. The molecule has 0 aliphatic carbocycles. The maximum absolute atomic E-state index is 5.18. The van der Waals surface area contributed by atoms with Gasteiger partial charge in [0.15, 0.2) is 0 Å². The van der Waals surface area contributed by atoms with E-state index in [0.717, 1.165) is 13.1 Å². The minimum atomic E-state index is 0.245. The molecule has 3 nitrogen and oxygen atoms in total. The van der Waals surface area contributed by atoms with Gasteiger partial charge in [-0.1, -0.05) is 24.3 Å². The van der Waals surface area contributed by atoms with Crippen molar-refractivity contribution in [1.82, 2.24) is 5.32 Å². The Labute approximate surface area is 97.8 Å². The summed E-state index contributed by atoms with van der Waals surface area (Å²) in [7, 11) is 3.45. The van der Waals surface area contributed by atoms with Crippen molar-refractivity contribution >= 4 is 0 Å². The lowest BCUT2D eigenvalue weighted by Gasteiger charge is -2.13. The highest BCUT2D eigenvalue weighted by Crippen LogP contribution is 2.09. The van der Waals surface area contributed by atoms with Crippen molar-refractivity contribution in [3.63, 3.8) is 0 Å². The van der Waals surface area contributed by atoms with Gasteiger partial charge in [0.1, 0.15) is 0 Å². The van der Waals surface area contributed by atoms with Crippen LogP contribution in [0.15, 0.2) is 24.3 Å². The zero-order valence-corrected chi connectivity index (χ0v) is 10.3. The van der Waals surface area contributed by atoms with Gasteiger partial charge in [-0.2, -0.15) is 0 Å². The molecular weight excluding hydrogens is 202 g/mol. The fourth-order valence-electron chi connectivity index (χ4n) is 1.52. The fraction of sp³-hybridized carbons (Fsp3) is 0.538. The molecular formula is C13H21NO2. The molecule has 0 aliphatic rings. The predicted octanol–water partition coefficient (Wildman–Crippen LogP) is 1.96. The average Bonchev–Trinajstić information content (AvgIpc) is 2.31. The molecule has 0 aliphatic heterocycles. The number of methoxy groups -OCH3 is 2. The smallest absolute Gasteiger partial charge is 0.0716 e. The average molecular weight is 223 g/mol. The summed E-state index contributed by atoms with van der Waals surface area (Å²) in [4.78, 5) is 0. The molecule has 0 fully saturated rings. The van der Waals surface area contributed by atoms with Crippen LogP contribution < -0.4 is 5.32 Å². The van der Waals surface area contributed by atoms with Crippen molar-refractivity contribution in [3.05, 3.63) is 35.4 Å². The van der Waals surface area contributed by atoms with Gasteiger partial charge in [-0.15, -0.1) is 0 Å². The zero-order chi connectivity index (χ0) is 11.8. The largest absolute Gasteiger partial charge is 0.380 e. The van der Waals surface area contributed by atoms with Gasteiger partial charge in [0.2, 0.25) is 0 Å². The van der Waals surface area contributed by atoms with Gasteiger partial charge in [-0.25, -0.2) is 0 Å². The van der Waals surface area contributed by atoms with Crippen LogP contribution in [-0.4, -0.2) is 26.9 Å². The SMILES string of the molecule is COCc1ccccc1CNCC(C)OC. The topological polar surface area (TPSA) is 30.5 Å². The molecule has 1 aromatic rings. The van der Waals surface area contributed by atoms with E-state index in [0.29, 0.717) is 6.61 Å². The second-order valence-corrected chi connectivity index (χ2v) is 3.88. The summed E-state index contributed by atoms with van der Waals surface area (Å²) in [6.45, 7) is 4.43. The van der Waals surface area contributed by atoms with Crippen LogP contribution in [0.25, 0.3) is 0 Å². The first kappa shape index (κ1) is 13.2. The van der Waals surface area contributed by atoms with Crippen molar-refractivity contribution in [2.45, 2.75) is 26.2 Å². The third-order valence-corrected chi connectivity index (χ3v) is 2.57. The molecule has 16 heavy (non-hydrogen) atoms. The molecule has 0 heterocycles. The third-order valence-electron chi connectivity index (χ3n) is 2.57. The van der Waals surface area contributed by atoms with E-state index in [1.165, 1.54) is 11.1 Å². The van der Waals surface area contributed by atoms with Crippen molar-refractivity contribution in [3.8, 4) is 0 Å². The van der Waals surface area contributed by atoms with Crippen LogP contribution in [-0.2, 0) is 22.6 Å². The molecule has 90 valence electrons. The molecule has 0 saturated heterocycles. The highest BCUT2D eigenvalue weighted by Gasteiger charge is 2.02. The number of nitrogens with one attached hydrogen (secondary N) is 1.